The number of nitrogens with zero attached hydrogens (tertiary/aromatic N) is 2. The summed E-state index contributed by atoms with van der Waals surface area (Å²) in [5, 5.41) is 3.77. The minimum Gasteiger partial charge on any atom is -0.337 e. The van der Waals surface area contributed by atoms with Crippen LogP contribution in [-0.4, -0.2) is 16.1 Å². The van der Waals surface area contributed by atoms with Gasteiger partial charge in [0.05, 0.1) is 6.33 Å². The Morgan fingerprint density at radius 1 is 1.24 bits per heavy atom. The topological polar surface area (TPSA) is 29.9 Å². The van der Waals surface area contributed by atoms with Gasteiger partial charge in [0.15, 0.2) is 0 Å². The number of imidazole rings is 1. The Bertz CT molecular complexity index is 526. The minimum atomic E-state index is 0.554. The summed E-state index contributed by atoms with van der Waals surface area (Å²) in [5.74, 6) is 0.848. The Balaban J connectivity index is 1.44. The smallest absolute Gasteiger partial charge is 0.0945 e. The van der Waals surface area contributed by atoms with Gasteiger partial charge < -0.3 is 9.88 Å². The fourth-order valence-electron chi connectivity index (χ4n) is 2.86. The molecule has 1 N–H and O–H groups in total. The van der Waals surface area contributed by atoms with E-state index in [0.717, 1.165) is 19.0 Å². The van der Waals surface area contributed by atoms with E-state index in [0.29, 0.717) is 6.04 Å². The van der Waals surface area contributed by atoms with Crippen LogP contribution in [0.3, 0.4) is 0 Å². The molecule has 0 saturated heterocycles. The lowest BCUT2D eigenvalue weighted by molar-refractivity contribution is 0.462. The number of nitrogens with one attached hydrogen (secondary N) is 1. The summed E-state index contributed by atoms with van der Waals surface area (Å²) in [6.07, 6.45) is 10.9. The van der Waals surface area contributed by atoms with E-state index in [1.165, 1.54) is 36.8 Å². The molecule has 1 aromatic carbocycles. The zero-order valence-electron chi connectivity index (χ0n) is 12.8. The van der Waals surface area contributed by atoms with Gasteiger partial charge in [-0.2, -0.15) is 0 Å². The third kappa shape index (κ3) is 4.18. The second kappa shape index (κ2) is 6.90. The SMILES string of the molecule is Cc1ccc(C(NCCCCn2ccnc2)C2CC2)cc1. The molecule has 21 heavy (non-hydrogen) atoms. The number of hydrogen-bond donors (Lipinski definition) is 1. The predicted molar refractivity (Wildman–Crippen MR) is 86.1 cm³/mol. The third-order valence-corrected chi connectivity index (χ3v) is 4.30. The molecule has 0 bridgehead atoms. The number of benzene rings is 1. The van der Waals surface area contributed by atoms with Crippen LogP contribution < -0.4 is 5.32 Å². The highest BCUT2D eigenvalue weighted by Crippen LogP contribution is 2.40. The maximum atomic E-state index is 4.07. The summed E-state index contributed by atoms with van der Waals surface area (Å²) in [5.41, 5.74) is 2.80. The molecule has 0 spiro atoms. The molecule has 2 aromatic rings. The first-order chi connectivity index (χ1) is 10.3. The average molecular weight is 283 g/mol. The van der Waals surface area contributed by atoms with Crippen LogP contribution in [0.25, 0.3) is 0 Å². The Labute approximate surface area is 127 Å². The molecule has 1 saturated carbocycles. The minimum absolute atomic E-state index is 0.554. The monoisotopic (exact) mass is 283 g/mol. The van der Waals surface area contributed by atoms with Crippen molar-refractivity contribution in [2.75, 3.05) is 6.54 Å². The Morgan fingerprint density at radius 2 is 2.05 bits per heavy atom. The quantitative estimate of drug-likeness (QED) is 0.748. The molecule has 3 heteroatoms. The molecule has 3 nitrogen and oxygen atoms in total. The van der Waals surface area contributed by atoms with E-state index in [1.807, 2.05) is 18.7 Å². The number of aromatic nitrogens is 2. The first-order valence-electron chi connectivity index (χ1n) is 8.08. The van der Waals surface area contributed by atoms with Gasteiger partial charge in [-0.25, -0.2) is 4.98 Å². The summed E-state index contributed by atoms with van der Waals surface area (Å²) in [6, 6.07) is 9.59. The molecule has 1 aliphatic carbocycles. The largest absolute Gasteiger partial charge is 0.337 e. The lowest BCUT2D eigenvalue weighted by Crippen LogP contribution is -2.24. The van der Waals surface area contributed by atoms with E-state index in [-0.39, 0.29) is 0 Å². The van der Waals surface area contributed by atoms with Gasteiger partial charge in [0.25, 0.3) is 0 Å². The summed E-state index contributed by atoms with van der Waals surface area (Å²) in [6.45, 7) is 4.32. The van der Waals surface area contributed by atoms with E-state index in [9.17, 15) is 0 Å². The van der Waals surface area contributed by atoms with Crippen molar-refractivity contribution in [1.29, 1.82) is 0 Å². The molecule has 3 rings (SSSR count). The third-order valence-electron chi connectivity index (χ3n) is 4.30. The Hall–Kier alpha value is -1.61. The van der Waals surface area contributed by atoms with E-state index in [4.69, 9.17) is 0 Å². The highest BCUT2D eigenvalue weighted by Gasteiger charge is 2.31. The fourth-order valence-corrected chi connectivity index (χ4v) is 2.86. The fraction of sp³-hybridized carbons (Fsp3) is 0.500. The summed E-state index contributed by atoms with van der Waals surface area (Å²) in [4.78, 5) is 4.07. The number of hydrogen-bond acceptors (Lipinski definition) is 2. The van der Waals surface area contributed by atoms with Crippen molar-refractivity contribution in [1.82, 2.24) is 14.9 Å². The second-order valence-corrected chi connectivity index (χ2v) is 6.19. The van der Waals surface area contributed by atoms with Crippen molar-refractivity contribution >= 4 is 0 Å². The van der Waals surface area contributed by atoms with E-state index in [2.05, 4.69) is 46.1 Å². The number of unbranched alkanes of at least 4 members (excludes halogenated alkanes) is 1. The molecule has 0 radical (unpaired) electrons. The molecule has 1 aliphatic rings. The molecule has 1 heterocycles. The average Bonchev–Trinajstić information content (AvgIpc) is 3.20. The van der Waals surface area contributed by atoms with Crippen LogP contribution in [0.1, 0.15) is 42.9 Å². The van der Waals surface area contributed by atoms with Gasteiger partial charge in [-0.1, -0.05) is 29.8 Å². The van der Waals surface area contributed by atoms with Crippen LogP contribution in [0.4, 0.5) is 0 Å². The summed E-state index contributed by atoms with van der Waals surface area (Å²) in [7, 11) is 0. The molecular weight excluding hydrogens is 258 g/mol. The van der Waals surface area contributed by atoms with Crippen LogP contribution >= 0.6 is 0 Å². The van der Waals surface area contributed by atoms with Gasteiger partial charge in [0.1, 0.15) is 0 Å². The summed E-state index contributed by atoms with van der Waals surface area (Å²) < 4.78 is 2.15. The molecule has 1 unspecified atom stereocenters. The standard InChI is InChI=1S/C18H25N3/c1-15-4-6-16(7-5-15)18(17-8-9-17)20-10-2-3-12-21-13-11-19-14-21/h4-7,11,13-14,17-18,20H,2-3,8-10,12H2,1H3. The van der Waals surface area contributed by atoms with Gasteiger partial charge in [0.2, 0.25) is 0 Å². The maximum Gasteiger partial charge on any atom is 0.0945 e. The first-order valence-corrected chi connectivity index (χ1v) is 8.08. The molecule has 112 valence electrons. The van der Waals surface area contributed by atoms with Crippen molar-refractivity contribution in [2.45, 2.75) is 45.2 Å². The first kappa shape index (κ1) is 14.3. The molecule has 0 aliphatic heterocycles. The summed E-state index contributed by atoms with van der Waals surface area (Å²) >= 11 is 0. The molecule has 1 atom stereocenters. The molecular formula is C18H25N3. The maximum absolute atomic E-state index is 4.07. The van der Waals surface area contributed by atoms with E-state index < -0.39 is 0 Å². The molecule has 1 aromatic heterocycles. The van der Waals surface area contributed by atoms with Crippen LogP contribution in [0.5, 0.6) is 0 Å². The van der Waals surface area contributed by atoms with Crippen molar-refractivity contribution in [2.24, 2.45) is 5.92 Å². The molecule has 1 fully saturated rings. The van der Waals surface area contributed by atoms with Crippen molar-refractivity contribution in [3.63, 3.8) is 0 Å². The van der Waals surface area contributed by atoms with E-state index in [1.54, 1.807) is 0 Å². The number of rotatable bonds is 8. The zero-order valence-corrected chi connectivity index (χ0v) is 12.8. The highest BCUT2D eigenvalue weighted by atomic mass is 15.0. The molecule has 0 amide bonds. The van der Waals surface area contributed by atoms with Gasteiger partial charge in [-0.3, -0.25) is 0 Å². The lowest BCUT2D eigenvalue weighted by Gasteiger charge is -2.19. The second-order valence-electron chi connectivity index (χ2n) is 6.19. The van der Waals surface area contributed by atoms with Crippen LogP contribution in [0.2, 0.25) is 0 Å². The van der Waals surface area contributed by atoms with E-state index >= 15 is 0 Å². The van der Waals surface area contributed by atoms with Crippen LogP contribution in [-0.2, 0) is 6.54 Å². The van der Waals surface area contributed by atoms with Crippen molar-refractivity contribution in [3.8, 4) is 0 Å². The zero-order chi connectivity index (χ0) is 14.5. The normalized spacial score (nSPS) is 16.0. The Kier molecular flexibility index (Phi) is 4.71. The predicted octanol–water partition coefficient (Wildman–Crippen LogP) is 3.71. The lowest BCUT2D eigenvalue weighted by atomic mass is 10.0. The van der Waals surface area contributed by atoms with Gasteiger partial charge in [-0.15, -0.1) is 0 Å². The highest BCUT2D eigenvalue weighted by molar-refractivity contribution is 5.25. The van der Waals surface area contributed by atoms with Crippen molar-refractivity contribution < 1.29 is 0 Å². The number of aryl methyl sites for hydroxylation is 2. The van der Waals surface area contributed by atoms with Gasteiger partial charge in [-0.05, 0) is 50.6 Å². The van der Waals surface area contributed by atoms with Gasteiger partial charge >= 0.3 is 0 Å². The Morgan fingerprint density at radius 3 is 2.71 bits per heavy atom. The van der Waals surface area contributed by atoms with Gasteiger partial charge in [0, 0.05) is 25.0 Å². The van der Waals surface area contributed by atoms with Crippen LogP contribution in [0.15, 0.2) is 43.0 Å². The van der Waals surface area contributed by atoms with Crippen molar-refractivity contribution in [3.05, 3.63) is 54.1 Å². The van der Waals surface area contributed by atoms with Crippen LogP contribution in [0, 0.1) is 12.8 Å².